The first-order valence-corrected chi connectivity index (χ1v) is 8.60. The molecule has 1 N–H and O–H groups in total. The zero-order valence-corrected chi connectivity index (χ0v) is 13.7. The fraction of sp³-hybridized carbons (Fsp3) is 0.350. The molecule has 2 aliphatic heterocycles. The topological polar surface area (TPSA) is 41.6 Å². The Morgan fingerprint density at radius 2 is 1.92 bits per heavy atom. The third-order valence-corrected chi connectivity index (χ3v) is 4.87. The maximum atomic E-state index is 12.5. The highest BCUT2D eigenvalue weighted by molar-refractivity contribution is 5.78. The van der Waals surface area contributed by atoms with Crippen LogP contribution < -0.4 is 10.1 Å². The highest BCUT2D eigenvalue weighted by Crippen LogP contribution is 2.31. The molecular formula is C20H22N2O2. The van der Waals surface area contributed by atoms with Gasteiger partial charge in [-0.2, -0.15) is 0 Å². The molecule has 4 nitrogen and oxygen atoms in total. The SMILES string of the molecule is O=C(CN1CCc2ccccc2C1)N[C@H]1CCOc2ccccc21. The molecule has 2 aromatic carbocycles. The number of nitrogens with one attached hydrogen (secondary N) is 1. The van der Waals surface area contributed by atoms with Crippen molar-refractivity contribution in [1.82, 2.24) is 10.2 Å². The van der Waals surface area contributed by atoms with Crippen LogP contribution in [0.1, 0.15) is 29.2 Å². The third kappa shape index (κ3) is 3.15. The first-order valence-electron chi connectivity index (χ1n) is 8.60. The monoisotopic (exact) mass is 322 g/mol. The predicted molar refractivity (Wildman–Crippen MR) is 92.9 cm³/mol. The van der Waals surface area contributed by atoms with Gasteiger partial charge in [0.15, 0.2) is 0 Å². The van der Waals surface area contributed by atoms with Gasteiger partial charge in [-0.3, -0.25) is 9.69 Å². The van der Waals surface area contributed by atoms with Gasteiger partial charge < -0.3 is 10.1 Å². The van der Waals surface area contributed by atoms with Crippen LogP contribution in [0.25, 0.3) is 0 Å². The predicted octanol–water partition coefficient (Wildman–Crippen LogP) is 2.68. The van der Waals surface area contributed by atoms with E-state index in [1.54, 1.807) is 0 Å². The lowest BCUT2D eigenvalue weighted by atomic mass is 9.99. The largest absolute Gasteiger partial charge is 0.493 e. The zero-order chi connectivity index (χ0) is 16.4. The van der Waals surface area contributed by atoms with Crippen LogP contribution in [0.3, 0.4) is 0 Å². The Balaban J connectivity index is 1.38. The number of para-hydroxylation sites is 1. The number of nitrogens with zero attached hydrogens (tertiary/aromatic N) is 1. The lowest BCUT2D eigenvalue weighted by Gasteiger charge is -2.30. The highest BCUT2D eigenvalue weighted by atomic mass is 16.5. The summed E-state index contributed by atoms with van der Waals surface area (Å²) in [5.74, 6) is 0.983. The van der Waals surface area contributed by atoms with E-state index in [1.807, 2.05) is 24.3 Å². The normalized spacial score (nSPS) is 19.8. The molecule has 1 atom stereocenters. The van der Waals surface area contributed by atoms with Crippen molar-refractivity contribution in [2.24, 2.45) is 0 Å². The van der Waals surface area contributed by atoms with E-state index in [9.17, 15) is 4.79 Å². The van der Waals surface area contributed by atoms with Crippen LogP contribution in [-0.2, 0) is 17.8 Å². The second kappa shape index (κ2) is 6.65. The van der Waals surface area contributed by atoms with Crippen molar-refractivity contribution < 1.29 is 9.53 Å². The fourth-order valence-corrected chi connectivity index (χ4v) is 3.62. The number of carbonyl (C=O) groups excluding carboxylic acids is 1. The van der Waals surface area contributed by atoms with Crippen LogP contribution in [0.15, 0.2) is 48.5 Å². The van der Waals surface area contributed by atoms with E-state index >= 15 is 0 Å². The van der Waals surface area contributed by atoms with Crippen LogP contribution in [0.4, 0.5) is 0 Å². The molecule has 0 aliphatic carbocycles. The molecule has 0 fully saturated rings. The van der Waals surface area contributed by atoms with Gasteiger partial charge in [-0.15, -0.1) is 0 Å². The van der Waals surface area contributed by atoms with Gasteiger partial charge in [0.2, 0.25) is 5.91 Å². The van der Waals surface area contributed by atoms with Crippen LogP contribution >= 0.6 is 0 Å². The van der Waals surface area contributed by atoms with Gasteiger partial charge in [-0.05, 0) is 23.6 Å². The van der Waals surface area contributed by atoms with Gasteiger partial charge in [-0.1, -0.05) is 42.5 Å². The summed E-state index contributed by atoms with van der Waals surface area (Å²) < 4.78 is 5.66. The first-order chi connectivity index (χ1) is 11.8. The van der Waals surface area contributed by atoms with Crippen molar-refractivity contribution in [3.05, 3.63) is 65.2 Å². The van der Waals surface area contributed by atoms with Crippen molar-refractivity contribution in [2.75, 3.05) is 19.7 Å². The summed E-state index contributed by atoms with van der Waals surface area (Å²) in [7, 11) is 0. The molecule has 0 aromatic heterocycles. The Morgan fingerprint density at radius 1 is 1.12 bits per heavy atom. The molecule has 0 saturated heterocycles. The van der Waals surface area contributed by atoms with E-state index in [4.69, 9.17) is 4.74 Å². The molecule has 24 heavy (non-hydrogen) atoms. The summed E-state index contributed by atoms with van der Waals surface area (Å²) in [6.07, 6.45) is 1.84. The average molecular weight is 322 g/mol. The van der Waals surface area contributed by atoms with Gasteiger partial charge in [0.05, 0.1) is 19.2 Å². The summed E-state index contributed by atoms with van der Waals surface area (Å²) in [5.41, 5.74) is 3.83. The van der Waals surface area contributed by atoms with E-state index in [1.165, 1.54) is 11.1 Å². The minimum absolute atomic E-state index is 0.0551. The van der Waals surface area contributed by atoms with Crippen LogP contribution in [0.2, 0.25) is 0 Å². The molecule has 2 aliphatic rings. The highest BCUT2D eigenvalue weighted by Gasteiger charge is 2.24. The molecule has 124 valence electrons. The summed E-state index contributed by atoms with van der Waals surface area (Å²) in [6, 6.07) is 16.5. The summed E-state index contributed by atoms with van der Waals surface area (Å²) >= 11 is 0. The van der Waals surface area contributed by atoms with E-state index < -0.39 is 0 Å². The molecule has 0 bridgehead atoms. The van der Waals surface area contributed by atoms with Crippen LogP contribution in [0, 0.1) is 0 Å². The number of benzene rings is 2. The van der Waals surface area contributed by atoms with E-state index in [2.05, 4.69) is 34.5 Å². The third-order valence-electron chi connectivity index (χ3n) is 4.87. The number of rotatable bonds is 3. The molecule has 4 heteroatoms. The number of hydrogen-bond acceptors (Lipinski definition) is 3. The molecule has 2 heterocycles. The Bertz CT molecular complexity index is 744. The molecule has 0 radical (unpaired) electrons. The Kier molecular flexibility index (Phi) is 4.22. The number of hydrogen-bond donors (Lipinski definition) is 1. The van der Waals surface area contributed by atoms with Gasteiger partial charge >= 0.3 is 0 Å². The smallest absolute Gasteiger partial charge is 0.234 e. The maximum absolute atomic E-state index is 12.5. The summed E-state index contributed by atoms with van der Waals surface area (Å²) in [5, 5.41) is 3.19. The van der Waals surface area contributed by atoms with Gasteiger partial charge in [0.1, 0.15) is 5.75 Å². The summed E-state index contributed by atoms with van der Waals surface area (Å²) in [4.78, 5) is 14.7. The molecule has 0 spiro atoms. The van der Waals surface area contributed by atoms with Gasteiger partial charge in [-0.25, -0.2) is 0 Å². The van der Waals surface area contributed by atoms with Crippen molar-refractivity contribution in [3.8, 4) is 5.75 Å². The molecule has 0 saturated carbocycles. The number of ether oxygens (including phenoxy) is 1. The standard InChI is InChI=1S/C20H22N2O2/c23-20(14-22-11-9-15-5-1-2-6-16(15)13-22)21-18-10-12-24-19-8-4-3-7-17(18)19/h1-8,18H,9-14H2,(H,21,23)/t18-/m0/s1. The lowest BCUT2D eigenvalue weighted by molar-refractivity contribution is -0.123. The van der Waals surface area contributed by atoms with Crippen molar-refractivity contribution in [2.45, 2.75) is 25.4 Å². The minimum Gasteiger partial charge on any atom is -0.493 e. The molecule has 0 unspecified atom stereocenters. The Hall–Kier alpha value is -2.33. The zero-order valence-electron chi connectivity index (χ0n) is 13.7. The molecule has 4 rings (SSSR count). The second-order valence-electron chi connectivity index (χ2n) is 6.52. The van der Waals surface area contributed by atoms with Gasteiger partial charge in [0.25, 0.3) is 0 Å². The molecular weight excluding hydrogens is 300 g/mol. The van der Waals surface area contributed by atoms with E-state index in [0.29, 0.717) is 13.2 Å². The first kappa shape index (κ1) is 15.2. The molecule has 1 amide bonds. The number of carbonyl (C=O) groups is 1. The fourth-order valence-electron chi connectivity index (χ4n) is 3.62. The maximum Gasteiger partial charge on any atom is 0.234 e. The number of amides is 1. The van der Waals surface area contributed by atoms with E-state index in [-0.39, 0.29) is 11.9 Å². The van der Waals surface area contributed by atoms with E-state index in [0.717, 1.165) is 37.2 Å². The van der Waals surface area contributed by atoms with Crippen LogP contribution in [0.5, 0.6) is 5.75 Å². The Labute approximate surface area is 142 Å². The van der Waals surface area contributed by atoms with Crippen molar-refractivity contribution in [3.63, 3.8) is 0 Å². The Morgan fingerprint density at radius 3 is 2.83 bits per heavy atom. The van der Waals surface area contributed by atoms with Crippen LogP contribution in [-0.4, -0.2) is 30.5 Å². The van der Waals surface area contributed by atoms with Crippen molar-refractivity contribution >= 4 is 5.91 Å². The molecule has 2 aromatic rings. The quantitative estimate of drug-likeness (QED) is 0.945. The second-order valence-corrected chi connectivity index (χ2v) is 6.52. The minimum atomic E-state index is 0.0551. The van der Waals surface area contributed by atoms with Crippen molar-refractivity contribution in [1.29, 1.82) is 0 Å². The lowest BCUT2D eigenvalue weighted by Crippen LogP contribution is -2.41. The summed E-state index contributed by atoms with van der Waals surface area (Å²) in [6.45, 7) is 2.90. The van der Waals surface area contributed by atoms with Gasteiger partial charge in [0, 0.05) is 25.1 Å². The number of fused-ring (bicyclic) bond motifs is 2. The average Bonchev–Trinajstić information content (AvgIpc) is 2.62.